The summed E-state index contributed by atoms with van der Waals surface area (Å²) in [6, 6.07) is 11.4. The molecule has 5 rings (SSSR count). The Bertz CT molecular complexity index is 1230. The van der Waals surface area contributed by atoms with E-state index in [9.17, 15) is 4.79 Å². The van der Waals surface area contributed by atoms with E-state index in [2.05, 4.69) is 43.1 Å². The van der Waals surface area contributed by atoms with E-state index >= 15 is 0 Å². The number of aryl methyl sites for hydroxylation is 1. The number of carbonyl (C=O) groups excluding carboxylic acids is 1. The molecular weight excluding hydrogens is 472 g/mol. The minimum atomic E-state index is -0.0424. The molecule has 196 valence electrons. The van der Waals surface area contributed by atoms with E-state index in [1.165, 1.54) is 0 Å². The Morgan fingerprint density at radius 2 is 1.41 bits per heavy atom. The molecule has 0 aliphatic carbocycles. The Labute approximate surface area is 217 Å². The summed E-state index contributed by atoms with van der Waals surface area (Å²) in [5, 5.41) is 13.6. The van der Waals surface area contributed by atoms with Gasteiger partial charge >= 0.3 is 0 Å². The third-order valence-corrected chi connectivity index (χ3v) is 7.14. The van der Waals surface area contributed by atoms with E-state index < -0.39 is 0 Å². The summed E-state index contributed by atoms with van der Waals surface area (Å²) in [5.41, 5.74) is 1.97. The Morgan fingerprint density at radius 3 is 1.97 bits per heavy atom. The second-order valence-electron chi connectivity index (χ2n) is 9.42. The summed E-state index contributed by atoms with van der Waals surface area (Å²) in [4.78, 5) is 22.0. The van der Waals surface area contributed by atoms with Crippen LogP contribution in [0.25, 0.3) is 11.3 Å². The predicted molar refractivity (Wildman–Crippen MR) is 142 cm³/mol. The zero-order valence-electron chi connectivity index (χ0n) is 21.9. The van der Waals surface area contributed by atoms with Gasteiger partial charge in [-0.1, -0.05) is 0 Å². The van der Waals surface area contributed by atoms with Gasteiger partial charge in [0, 0.05) is 65.0 Å². The molecule has 11 heteroatoms. The van der Waals surface area contributed by atoms with E-state index in [-0.39, 0.29) is 5.91 Å². The number of hydrogen-bond acceptors (Lipinski definition) is 9. The number of hydrogen-bond donors (Lipinski definition) is 0. The highest BCUT2D eigenvalue weighted by Crippen LogP contribution is 2.33. The number of amides is 1. The van der Waals surface area contributed by atoms with Crippen molar-refractivity contribution in [3.63, 3.8) is 0 Å². The maximum Gasteiger partial charge on any atom is 0.272 e. The predicted octanol–water partition coefficient (Wildman–Crippen LogP) is 1.61. The first-order valence-electron chi connectivity index (χ1n) is 12.5. The van der Waals surface area contributed by atoms with E-state index in [0.717, 1.165) is 43.4 Å². The van der Waals surface area contributed by atoms with Gasteiger partial charge in [0.2, 0.25) is 0 Å². The van der Waals surface area contributed by atoms with Crippen molar-refractivity contribution in [1.82, 2.24) is 29.8 Å². The number of carbonyl (C=O) groups is 1. The fraction of sp³-hybridized carbons (Fsp3) is 0.462. The minimum Gasteiger partial charge on any atom is -0.497 e. The second kappa shape index (κ2) is 10.6. The lowest BCUT2D eigenvalue weighted by molar-refractivity contribution is 0.0735. The summed E-state index contributed by atoms with van der Waals surface area (Å²) in [5.74, 6) is 3.10. The van der Waals surface area contributed by atoms with Crippen LogP contribution in [0.5, 0.6) is 11.5 Å². The molecule has 1 aromatic carbocycles. The topological polar surface area (TPSA) is 92.1 Å². The first kappa shape index (κ1) is 24.8. The fourth-order valence-electron chi connectivity index (χ4n) is 4.80. The summed E-state index contributed by atoms with van der Waals surface area (Å²) in [7, 11) is 7.16. The van der Waals surface area contributed by atoms with Crippen LogP contribution >= 0.6 is 0 Å². The van der Waals surface area contributed by atoms with Crippen molar-refractivity contribution in [3.8, 4) is 22.8 Å². The number of likely N-dealkylation sites (N-methyl/N-ethyl adjacent to an activating group) is 1. The van der Waals surface area contributed by atoms with Gasteiger partial charge in [-0.3, -0.25) is 9.48 Å². The molecule has 2 aromatic heterocycles. The largest absolute Gasteiger partial charge is 0.497 e. The molecule has 1 amide bonds. The lowest BCUT2D eigenvalue weighted by Crippen LogP contribution is -2.49. The highest BCUT2D eigenvalue weighted by Gasteiger charge is 2.26. The third kappa shape index (κ3) is 5.17. The van der Waals surface area contributed by atoms with Gasteiger partial charge in [-0.25, -0.2) is 0 Å². The maximum atomic E-state index is 13.4. The summed E-state index contributed by atoms with van der Waals surface area (Å²) in [6.07, 6.45) is 0. The molecule has 0 radical (unpaired) electrons. The van der Waals surface area contributed by atoms with Crippen molar-refractivity contribution in [2.24, 2.45) is 7.05 Å². The molecule has 3 aromatic rings. The second-order valence-corrected chi connectivity index (χ2v) is 9.42. The Kier molecular flexibility index (Phi) is 7.13. The molecule has 11 nitrogen and oxygen atoms in total. The summed E-state index contributed by atoms with van der Waals surface area (Å²) >= 11 is 0. The Balaban J connectivity index is 1.23. The number of methoxy groups -OCH3 is 2. The lowest BCUT2D eigenvalue weighted by atomic mass is 10.1. The molecule has 0 saturated carbocycles. The standard InChI is InChI=1S/C26H34N8O3/c1-30-9-11-32(12-10-30)24-7-8-25(28-27-24)33-13-15-34(16-14-33)26(35)22-18-21(29-31(22)2)20-17-19(36-3)5-6-23(20)37-4/h5-8,17-18H,9-16H2,1-4H3. The van der Waals surface area contributed by atoms with Gasteiger partial charge in [-0.05, 0) is 43.4 Å². The normalized spacial score (nSPS) is 16.7. The van der Waals surface area contributed by atoms with Crippen LogP contribution in [0.4, 0.5) is 11.6 Å². The van der Waals surface area contributed by atoms with Crippen LogP contribution in [0, 0.1) is 0 Å². The summed E-state index contributed by atoms with van der Waals surface area (Å²) in [6.45, 7) is 6.59. The van der Waals surface area contributed by atoms with Crippen molar-refractivity contribution in [2.75, 3.05) is 83.4 Å². The van der Waals surface area contributed by atoms with Crippen LogP contribution < -0.4 is 19.3 Å². The number of rotatable bonds is 6. The van der Waals surface area contributed by atoms with Crippen molar-refractivity contribution in [1.29, 1.82) is 0 Å². The molecule has 0 N–H and O–H groups in total. The maximum absolute atomic E-state index is 13.4. The van der Waals surface area contributed by atoms with Gasteiger partial charge in [0.25, 0.3) is 5.91 Å². The quantitative estimate of drug-likeness (QED) is 0.494. The molecular formula is C26H34N8O3. The van der Waals surface area contributed by atoms with E-state index in [1.807, 2.05) is 35.2 Å². The van der Waals surface area contributed by atoms with Crippen LogP contribution in [0.3, 0.4) is 0 Å². The van der Waals surface area contributed by atoms with Crippen LogP contribution in [0.2, 0.25) is 0 Å². The number of benzene rings is 1. The van der Waals surface area contributed by atoms with Gasteiger partial charge in [0.15, 0.2) is 11.6 Å². The van der Waals surface area contributed by atoms with Crippen molar-refractivity contribution in [2.45, 2.75) is 0 Å². The molecule has 4 heterocycles. The highest BCUT2D eigenvalue weighted by atomic mass is 16.5. The molecule has 2 saturated heterocycles. The van der Waals surface area contributed by atoms with Gasteiger partial charge in [0.1, 0.15) is 17.2 Å². The number of ether oxygens (including phenoxy) is 2. The van der Waals surface area contributed by atoms with Crippen molar-refractivity contribution in [3.05, 3.63) is 42.1 Å². The number of nitrogens with zero attached hydrogens (tertiary/aromatic N) is 8. The zero-order valence-corrected chi connectivity index (χ0v) is 21.9. The molecule has 2 fully saturated rings. The van der Waals surface area contributed by atoms with Crippen LogP contribution in [-0.2, 0) is 7.05 Å². The Hall–Kier alpha value is -3.86. The molecule has 0 spiro atoms. The third-order valence-electron chi connectivity index (χ3n) is 7.14. The number of piperazine rings is 2. The SMILES string of the molecule is COc1ccc(OC)c(-c2cc(C(=O)N3CCN(c4ccc(N5CCN(C)CC5)nn4)CC3)n(C)n2)c1. The molecule has 2 aliphatic heterocycles. The first-order valence-corrected chi connectivity index (χ1v) is 12.5. The van der Waals surface area contributed by atoms with E-state index in [4.69, 9.17) is 9.47 Å². The van der Waals surface area contributed by atoms with Gasteiger partial charge in [-0.15, -0.1) is 10.2 Å². The van der Waals surface area contributed by atoms with Gasteiger partial charge in [0.05, 0.1) is 19.9 Å². The van der Waals surface area contributed by atoms with E-state index in [0.29, 0.717) is 49.1 Å². The average molecular weight is 507 g/mol. The molecule has 2 aliphatic rings. The number of aromatic nitrogens is 4. The first-order chi connectivity index (χ1) is 18.0. The fourth-order valence-corrected chi connectivity index (χ4v) is 4.80. The van der Waals surface area contributed by atoms with Gasteiger partial charge in [-0.2, -0.15) is 5.10 Å². The Morgan fingerprint density at radius 1 is 0.784 bits per heavy atom. The van der Waals surface area contributed by atoms with Crippen LogP contribution in [0.1, 0.15) is 10.5 Å². The molecule has 0 bridgehead atoms. The van der Waals surface area contributed by atoms with Crippen LogP contribution in [0.15, 0.2) is 36.4 Å². The molecule has 0 atom stereocenters. The average Bonchev–Trinajstić information content (AvgIpc) is 3.34. The number of anilines is 2. The highest BCUT2D eigenvalue weighted by molar-refractivity contribution is 5.94. The van der Waals surface area contributed by atoms with E-state index in [1.54, 1.807) is 25.9 Å². The summed E-state index contributed by atoms with van der Waals surface area (Å²) < 4.78 is 12.5. The molecule has 37 heavy (non-hydrogen) atoms. The van der Waals surface area contributed by atoms with Gasteiger partial charge < -0.3 is 29.1 Å². The molecule has 0 unspecified atom stereocenters. The smallest absolute Gasteiger partial charge is 0.272 e. The minimum absolute atomic E-state index is 0.0424. The van der Waals surface area contributed by atoms with Crippen molar-refractivity contribution >= 4 is 17.5 Å². The monoisotopic (exact) mass is 506 g/mol. The lowest BCUT2D eigenvalue weighted by Gasteiger charge is -2.35. The van der Waals surface area contributed by atoms with Crippen molar-refractivity contribution < 1.29 is 14.3 Å². The van der Waals surface area contributed by atoms with Crippen LogP contribution in [-0.4, -0.2) is 109 Å². The zero-order chi connectivity index (χ0) is 25.9.